The number of aliphatic imine (C=N–C) groups is 1. The average Bonchev–Trinajstić information content (AvgIpc) is 2.96. The number of rotatable bonds is 11. The Bertz CT molecular complexity index is 1420. The molecule has 0 aliphatic rings. The number of nitrogens with one attached hydrogen (secondary N) is 1. The molecule has 0 heterocycles. The summed E-state index contributed by atoms with van der Waals surface area (Å²) in [5.74, 6) is 0.108. The van der Waals surface area contributed by atoms with Crippen molar-refractivity contribution in [2.45, 2.75) is 40.0 Å². The van der Waals surface area contributed by atoms with Crippen LogP contribution in [0.5, 0.6) is 0 Å². The Kier molecular flexibility index (Phi) is 9.42. The van der Waals surface area contributed by atoms with E-state index in [4.69, 9.17) is 4.99 Å². The minimum absolute atomic E-state index is 0.108. The maximum absolute atomic E-state index is 11.5. The van der Waals surface area contributed by atoms with Crippen molar-refractivity contribution in [3.05, 3.63) is 126 Å². The molecule has 0 aromatic heterocycles. The highest BCUT2D eigenvalue weighted by molar-refractivity contribution is 6.08. The number of hydrogen-bond donors (Lipinski definition) is 1. The van der Waals surface area contributed by atoms with Gasteiger partial charge in [0, 0.05) is 22.5 Å². The van der Waals surface area contributed by atoms with E-state index in [0.29, 0.717) is 6.54 Å². The van der Waals surface area contributed by atoms with E-state index >= 15 is 0 Å². The van der Waals surface area contributed by atoms with Crippen LogP contribution in [-0.2, 0) is 4.79 Å². The van der Waals surface area contributed by atoms with E-state index in [9.17, 15) is 4.79 Å². The molecule has 0 atom stereocenters. The highest BCUT2D eigenvalue weighted by atomic mass is 16.1. The zero-order valence-electron chi connectivity index (χ0n) is 22.6. The van der Waals surface area contributed by atoms with Crippen LogP contribution in [0.3, 0.4) is 0 Å². The Morgan fingerprint density at radius 3 is 2.11 bits per heavy atom. The maximum atomic E-state index is 11.5. The van der Waals surface area contributed by atoms with Crippen LogP contribution in [0.15, 0.2) is 114 Å². The van der Waals surface area contributed by atoms with E-state index in [1.807, 2.05) is 18.2 Å². The van der Waals surface area contributed by atoms with Gasteiger partial charge >= 0.3 is 0 Å². The third-order valence-corrected chi connectivity index (χ3v) is 6.55. The molecule has 0 unspecified atom stereocenters. The minimum Gasteiger partial charge on any atom is -0.378 e. The molecule has 4 aromatic rings. The molecular weight excluding hydrogens is 464 g/mol. The Hall–Kier alpha value is -4.24. The highest BCUT2D eigenvalue weighted by Gasteiger charge is 2.14. The lowest BCUT2D eigenvalue weighted by Gasteiger charge is -2.16. The number of unbranched alkanes of at least 4 members (excludes halogenated alkanes) is 1. The number of nitrogens with zero attached hydrogens (tertiary/aromatic N) is 1. The Morgan fingerprint density at radius 1 is 0.763 bits per heavy atom. The van der Waals surface area contributed by atoms with Crippen molar-refractivity contribution in [3.8, 4) is 11.1 Å². The van der Waals surface area contributed by atoms with Crippen LogP contribution in [0.1, 0.15) is 56.7 Å². The molecule has 3 nitrogen and oxygen atoms in total. The molecule has 0 saturated heterocycles. The topological polar surface area (TPSA) is 41.5 Å². The van der Waals surface area contributed by atoms with Crippen molar-refractivity contribution in [1.29, 1.82) is 0 Å². The molecular formula is C35H36N2O. The van der Waals surface area contributed by atoms with Gasteiger partial charge in [-0.2, -0.15) is 0 Å². The average molecular weight is 501 g/mol. The highest BCUT2D eigenvalue weighted by Crippen LogP contribution is 2.33. The number of carbonyl (C=O) groups excluding carboxylic acids is 1. The summed E-state index contributed by atoms with van der Waals surface area (Å²) in [4.78, 5) is 16.8. The fourth-order valence-electron chi connectivity index (χ4n) is 4.60. The molecule has 38 heavy (non-hydrogen) atoms. The second-order valence-corrected chi connectivity index (χ2v) is 9.54. The fourth-order valence-corrected chi connectivity index (χ4v) is 4.60. The summed E-state index contributed by atoms with van der Waals surface area (Å²) in [6.45, 7) is 6.24. The minimum atomic E-state index is 0.108. The largest absolute Gasteiger partial charge is 0.378 e. The number of allylic oxidation sites excluding steroid dienone is 1. The van der Waals surface area contributed by atoms with Gasteiger partial charge in [-0.1, -0.05) is 110 Å². The van der Waals surface area contributed by atoms with Crippen LogP contribution in [-0.4, -0.2) is 18.0 Å². The molecule has 1 N–H and O–H groups in total. The summed E-state index contributed by atoms with van der Waals surface area (Å²) in [7, 11) is 0. The predicted molar refractivity (Wildman–Crippen MR) is 162 cm³/mol. The van der Waals surface area contributed by atoms with E-state index < -0.39 is 0 Å². The summed E-state index contributed by atoms with van der Waals surface area (Å²) in [6.07, 6.45) is 3.19. The maximum Gasteiger partial charge on any atom is 0.148 e. The lowest BCUT2D eigenvalue weighted by Crippen LogP contribution is -2.09. The summed E-state index contributed by atoms with van der Waals surface area (Å²) in [6, 6.07) is 37.8. The number of carbonyl (C=O) groups is 1. The molecule has 0 aliphatic carbocycles. The Balaban J connectivity index is 1.84. The zero-order valence-corrected chi connectivity index (χ0v) is 22.6. The summed E-state index contributed by atoms with van der Waals surface area (Å²) in [5, 5.41) is 3.22. The molecule has 4 rings (SSSR count). The number of anilines is 1. The van der Waals surface area contributed by atoms with Crippen molar-refractivity contribution >= 4 is 28.5 Å². The summed E-state index contributed by atoms with van der Waals surface area (Å²) < 4.78 is 0. The number of benzene rings is 4. The van der Waals surface area contributed by atoms with Gasteiger partial charge in [0.2, 0.25) is 0 Å². The predicted octanol–water partition coefficient (Wildman–Crippen LogP) is 8.92. The molecule has 4 aromatic carbocycles. The van der Waals surface area contributed by atoms with Crippen LogP contribution in [0.4, 0.5) is 5.69 Å². The lowest BCUT2D eigenvalue weighted by molar-refractivity contribution is -0.115. The van der Waals surface area contributed by atoms with E-state index in [2.05, 4.69) is 110 Å². The molecule has 192 valence electrons. The van der Waals surface area contributed by atoms with Gasteiger partial charge in [-0.25, -0.2) is 0 Å². The molecule has 0 bridgehead atoms. The number of Topliss-reactive ketones (excluding diaryl/α,β-unsaturated/α-hetero) is 1. The van der Waals surface area contributed by atoms with Gasteiger partial charge in [-0.3, -0.25) is 9.79 Å². The van der Waals surface area contributed by atoms with Gasteiger partial charge in [0.1, 0.15) is 5.78 Å². The van der Waals surface area contributed by atoms with Gasteiger partial charge in [-0.15, -0.1) is 0 Å². The van der Waals surface area contributed by atoms with Crippen LogP contribution >= 0.6 is 0 Å². The van der Waals surface area contributed by atoms with Gasteiger partial charge < -0.3 is 5.32 Å². The quantitative estimate of drug-likeness (QED) is 0.165. The van der Waals surface area contributed by atoms with E-state index in [0.717, 1.165) is 58.6 Å². The first-order chi connectivity index (χ1) is 18.6. The molecule has 0 aliphatic heterocycles. The van der Waals surface area contributed by atoms with Crippen molar-refractivity contribution in [2.75, 3.05) is 11.9 Å². The summed E-state index contributed by atoms with van der Waals surface area (Å²) in [5.41, 5.74) is 9.81. The molecule has 0 amide bonds. The molecule has 0 saturated carbocycles. The van der Waals surface area contributed by atoms with Gasteiger partial charge in [0.05, 0.1) is 12.2 Å². The van der Waals surface area contributed by atoms with Crippen LogP contribution in [0, 0.1) is 0 Å². The van der Waals surface area contributed by atoms with Crippen molar-refractivity contribution in [3.63, 3.8) is 0 Å². The second-order valence-electron chi connectivity index (χ2n) is 9.54. The molecule has 3 heteroatoms. The van der Waals surface area contributed by atoms with Crippen LogP contribution < -0.4 is 5.32 Å². The fraction of sp³-hybridized carbons (Fsp3) is 0.200. The van der Waals surface area contributed by atoms with E-state index in [-0.39, 0.29) is 5.78 Å². The van der Waals surface area contributed by atoms with Crippen molar-refractivity contribution in [1.82, 2.24) is 0 Å². The van der Waals surface area contributed by atoms with Crippen LogP contribution in [0.25, 0.3) is 22.4 Å². The Morgan fingerprint density at radius 2 is 1.42 bits per heavy atom. The zero-order chi connectivity index (χ0) is 26.7. The molecule has 0 spiro atoms. The smallest absolute Gasteiger partial charge is 0.148 e. The third-order valence-electron chi connectivity index (χ3n) is 6.55. The summed E-state index contributed by atoms with van der Waals surface area (Å²) >= 11 is 0. The molecule has 0 fully saturated rings. The number of hydrogen-bond acceptors (Lipinski definition) is 3. The van der Waals surface area contributed by atoms with Gasteiger partial charge in [-0.05, 0) is 61.1 Å². The first-order valence-electron chi connectivity index (χ1n) is 13.4. The standard InChI is InChI=1S/C35H36N2O/c1-4-5-21-34(28-15-8-6-9-16-28)35(29-17-10-7-11-18-29)37-27(3)32-22-12-13-23-33(32)30-19-14-20-31(24-30)36-25-26(2)38/h6-20,22-24,36H,4-5,21,25H2,1-3H3/b35-34+,37-27+. The van der Waals surface area contributed by atoms with E-state index in [1.54, 1.807) is 6.92 Å². The van der Waals surface area contributed by atoms with Crippen molar-refractivity contribution in [2.24, 2.45) is 4.99 Å². The van der Waals surface area contributed by atoms with Crippen LogP contribution in [0.2, 0.25) is 0 Å². The lowest BCUT2D eigenvalue weighted by atomic mass is 9.94. The third kappa shape index (κ3) is 6.95. The number of ketones is 1. The normalized spacial score (nSPS) is 12.1. The van der Waals surface area contributed by atoms with Gasteiger partial charge in [0.25, 0.3) is 0 Å². The van der Waals surface area contributed by atoms with Gasteiger partial charge in [0.15, 0.2) is 0 Å². The van der Waals surface area contributed by atoms with Crippen molar-refractivity contribution < 1.29 is 4.79 Å². The monoisotopic (exact) mass is 500 g/mol. The second kappa shape index (κ2) is 13.3. The Labute approximate surface area is 227 Å². The molecule has 0 radical (unpaired) electrons. The SMILES string of the molecule is CCCC/C(=C(\N=C(/C)c1ccccc1-c1cccc(NCC(C)=O)c1)c1ccccc1)c1ccccc1. The first-order valence-corrected chi connectivity index (χ1v) is 13.4. The first kappa shape index (κ1) is 26.8. The van der Waals surface area contributed by atoms with E-state index in [1.165, 1.54) is 11.1 Å².